The van der Waals surface area contributed by atoms with E-state index in [2.05, 4.69) is 5.32 Å². The van der Waals surface area contributed by atoms with E-state index in [4.69, 9.17) is 5.73 Å². The molecular formula is C34H32N2O7S2. The first-order valence-corrected chi connectivity index (χ1v) is 16.8. The number of phenols is 1. The maximum atomic E-state index is 12.3. The highest BCUT2D eigenvalue weighted by molar-refractivity contribution is 7.86. The molecule has 5 aromatic carbocycles. The fraction of sp³-hybridized carbons (Fsp3) is 0.118. The molecule has 0 aliphatic carbocycles. The van der Waals surface area contributed by atoms with Crippen LogP contribution in [0.2, 0.25) is 0 Å². The van der Waals surface area contributed by atoms with Crippen molar-refractivity contribution in [3.05, 3.63) is 142 Å². The Hall–Kier alpha value is -4.68. The maximum absolute atomic E-state index is 12.3. The van der Waals surface area contributed by atoms with Crippen LogP contribution in [0, 0.1) is 6.92 Å². The summed E-state index contributed by atoms with van der Waals surface area (Å²) in [6, 6.07) is 29.6. The van der Waals surface area contributed by atoms with Crippen LogP contribution in [0.25, 0.3) is 0 Å². The molecule has 5 rings (SSSR count). The molecule has 0 atom stereocenters. The minimum Gasteiger partial charge on any atom is -0.506 e. The fourth-order valence-electron chi connectivity index (χ4n) is 5.07. The van der Waals surface area contributed by atoms with E-state index < -0.39 is 20.2 Å². The van der Waals surface area contributed by atoms with Crippen molar-refractivity contribution >= 4 is 37.3 Å². The Morgan fingerprint density at radius 3 is 1.69 bits per heavy atom. The average molecular weight is 645 g/mol. The van der Waals surface area contributed by atoms with Crippen LogP contribution in [-0.2, 0) is 39.5 Å². The number of aryl methyl sites for hydroxylation is 1. The Bertz CT molecular complexity index is 2080. The van der Waals surface area contributed by atoms with Crippen LogP contribution in [-0.4, -0.2) is 31.0 Å². The lowest BCUT2D eigenvalue weighted by Crippen LogP contribution is -2.05. The number of nitrogen functional groups attached to an aromatic ring is 1. The molecular weight excluding hydrogens is 613 g/mol. The smallest absolute Gasteiger partial charge is 0.296 e. The van der Waals surface area contributed by atoms with Gasteiger partial charge in [-0.2, -0.15) is 16.8 Å². The van der Waals surface area contributed by atoms with Gasteiger partial charge in [-0.15, -0.1) is 0 Å². The minimum absolute atomic E-state index is 0.0268. The zero-order chi connectivity index (χ0) is 32.4. The third-order valence-electron chi connectivity index (χ3n) is 7.39. The molecule has 0 amide bonds. The first kappa shape index (κ1) is 31.7. The van der Waals surface area contributed by atoms with E-state index in [-0.39, 0.29) is 21.2 Å². The highest BCUT2D eigenvalue weighted by Gasteiger charge is 2.18. The van der Waals surface area contributed by atoms with Crippen molar-refractivity contribution in [3.8, 4) is 5.75 Å². The van der Waals surface area contributed by atoms with Crippen LogP contribution < -0.4 is 11.1 Å². The Kier molecular flexibility index (Phi) is 8.98. The Balaban J connectivity index is 1.29. The molecule has 0 aliphatic heterocycles. The molecule has 11 heteroatoms. The minimum atomic E-state index is -4.55. The Morgan fingerprint density at radius 1 is 0.600 bits per heavy atom. The number of nitrogens with one attached hydrogen (secondary N) is 1. The topological polar surface area (TPSA) is 167 Å². The summed E-state index contributed by atoms with van der Waals surface area (Å²) in [6.07, 6.45) is 1.26. The first-order valence-electron chi connectivity index (χ1n) is 13.9. The molecule has 232 valence electrons. The van der Waals surface area contributed by atoms with Gasteiger partial charge in [-0.1, -0.05) is 60.7 Å². The third-order valence-corrected chi connectivity index (χ3v) is 9.22. The number of hydrogen-bond acceptors (Lipinski definition) is 7. The standard InChI is InChI=1S/C34H32N2O7S2/c1-22-2-11-28(33(16-22)44(38,39)40)19-25-5-3-23(4-6-25)18-27-10-15-31(34(21-27)45(41,42)43)36-29-12-7-24(8-13-29)17-26-9-14-30(35)32(37)20-26/h2-16,20-21,36-37H,17-19,35H2,1H3,(H,38,39,40)(H,41,42,43). The van der Waals surface area contributed by atoms with Crippen molar-refractivity contribution in [2.24, 2.45) is 0 Å². The van der Waals surface area contributed by atoms with E-state index in [1.165, 1.54) is 12.1 Å². The average Bonchev–Trinajstić information content (AvgIpc) is 2.97. The summed E-state index contributed by atoms with van der Waals surface area (Å²) in [5.41, 5.74) is 12.3. The summed E-state index contributed by atoms with van der Waals surface area (Å²) in [7, 11) is -8.92. The second kappa shape index (κ2) is 12.7. The highest BCUT2D eigenvalue weighted by Crippen LogP contribution is 2.29. The van der Waals surface area contributed by atoms with Crippen LogP contribution in [0.1, 0.15) is 38.9 Å². The largest absolute Gasteiger partial charge is 0.506 e. The molecule has 0 aliphatic rings. The van der Waals surface area contributed by atoms with Crippen LogP contribution in [0.5, 0.6) is 5.75 Å². The molecule has 45 heavy (non-hydrogen) atoms. The van der Waals surface area contributed by atoms with E-state index in [9.17, 15) is 31.0 Å². The summed E-state index contributed by atoms with van der Waals surface area (Å²) in [5, 5.41) is 12.9. The van der Waals surface area contributed by atoms with Gasteiger partial charge in [0.1, 0.15) is 10.6 Å². The second-order valence-electron chi connectivity index (χ2n) is 11.0. The fourth-order valence-corrected chi connectivity index (χ4v) is 6.57. The first-order chi connectivity index (χ1) is 21.2. The predicted molar refractivity (Wildman–Crippen MR) is 174 cm³/mol. The van der Waals surface area contributed by atoms with Crippen LogP contribution in [0.3, 0.4) is 0 Å². The van der Waals surface area contributed by atoms with Gasteiger partial charge in [0, 0.05) is 5.69 Å². The van der Waals surface area contributed by atoms with E-state index in [1.807, 2.05) is 42.5 Å². The van der Waals surface area contributed by atoms with Gasteiger partial charge in [0.25, 0.3) is 20.2 Å². The molecule has 0 radical (unpaired) electrons. The van der Waals surface area contributed by atoms with Crippen LogP contribution >= 0.6 is 0 Å². The van der Waals surface area contributed by atoms with Gasteiger partial charge in [-0.3, -0.25) is 9.11 Å². The number of anilines is 3. The number of nitrogens with two attached hydrogens (primary N) is 1. The normalized spacial score (nSPS) is 11.8. The summed E-state index contributed by atoms with van der Waals surface area (Å²) in [4.78, 5) is -0.372. The molecule has 6 N–H and O–H groups in total. The molecule has 5 aromatic rings. The quantitative estimate of drug-likeness (QED) is 0.0667. The van der Waals surface area contributed by atoms with Crippen molar-refractivity contribution in [1.29, 1.82) is 0 Å². The van der Waals surface area contributed by atoms with Crippen molar-refractivity contribution < 1.29 is 31.0 Å². The molecule has 0 heterocycles. The van der Waals surface area contributed by atoms with Gasteiger partial charge < -0.3 is 16.2 Å². The van der Waals surface area contributed by atoms with Crippen LogP contribution in [0.15, 0.2) is 113 Å². The molecule has 0 aromatic heterocycles. The summed E-state index contributed by atoms with van der Waals surface area (Å²) in [5.74, 6) is 0.0268. The molecule has 0 saturated heterocycles. The van der Waals surface area contributed by atoms with E-state index in [1.54, 1.807) is 55.5 Å². The summed E-state index contributed by atoms with van der Waals surface area (Å²) in [6.45, 7) is 1.75. The third kappa shape index (κ3) is 8.08. The molecule has 9 nitrogen and oxygen atoms in total. The van der Waals surface area contributed by atoms with Gasteiger partial charge in [0.2, 0.25) is 0 Å². The molecule has 0 bridgehead atoms. The van der Waals surface area contributed by atoms with Crippen molar-refractivity contribution in [1.82, 2.24) is 0 Å². The van der Waals surface area contributed by atoms with Gasteiger partial charge >= 0.3 is 0 Å². The molecule has 0 saturated carbocycles. The summed E-state index contributed by atoms with van der Waals surface area (Å²) >= 11 is 0. The number of benzene rings is 5. The van der Waals surface area contributed by atoms with E-state index in [0.717, 1.165) is 27.8 Å². The second-order valence-corrected chi connectivity index (χ2v) is 13.7. The maximum Gasteiger partial charge on any atom is 0.296 e. The number of rotatable bonds is 10. The highest BCUT2D eigenvalue weighted by atomic mass is 32.2. The number of phenolic OH excluding ortho intramolecular Hbond substituents is 1. The molecule has 0 fully saturated rings. The number of hydrogen-bond donors (Lipinski definition) is 5. The molecule has 0 unspecified atom stereocenters. The van der Waals surface area contributed by atoms with Crippen molar-refractivity contribution in [2.75, 3.05) is 11.1 Å². The predicted octanol–water partition coefficient (Wildman–Crippen LogP) is 6.29. The Morgan fingerprint density at radius 2 is 1.11 bits per heavy atom. The van der Waals surface area contributed by atoms with Gasteiger partial charge in [0.15, 0.2) is 0 Å². The van der Waals surface area contributed by atoms with Crippen LogP contribution in [0.4, 0.5) is 17.1 Å². The lowest BCUT2D eigenvalue weighted by atomic mass is 9.99. The zero-order valence-corrected chi connectivity index (χ0v) is 25.9. The zero-order valence-electron chi connectivity index (χ0n) is 24.3. The molecule has 0 spiro atoms. The van der Waals surface area contributed by atoms with Gasteiger partial charge in [-0.25, -0.2) is 0 Å². The van der Waals surface area contributed by atoms with E-state index in [0.29, 0.717) is 41.8 Å². The van der Waals surface area contributed by atoms with E-state index >= 15 is 0 Å². The monoisotopic (exact) mass is 644 g/mol. The van der Waals surface area contributed by atoms with Gasteiger partial charge in [0.05, 0.1) is 16.3 Å². The van der Waals surface area contributed by atoms with Gasteiger partial charge in [-0.05, 0) is 108 Å². The SMILES string of the molecule is Cc1ccc(Cc2ccc(Cc3ccc(Nc4ccc(Cc5ccc(N)c(O)c5)cc4)c(S(=O)(=O)O)c3)cc2)c(S(=O)(=O)O)c1. The lowest BCUT2D eigenvalue weighted by Gasteiger charge is -2.13. The Labute approximate surface area is 262 Å². The summed E-state index contributed by atoms with van der Waals surface area (Å²) < 4.78 is 68.0. The van der Waals surface area contributed by atoms with Crippen molar-refractivity contribution in [3.63, 3.8) is 0 Å². The van der Waals surface area contributed by atoms with Crippen molar-refractivity contribution in [2.45, 2.75) is 36.0 Å². The lowest BCUT2D eigenvalue weighted by molar-refractivity contribution is 0.477. The number of aromatic hydroxyl groups is 1.